The molecule has 21 heavy (non-hydrogen) atoms. The molecule has 2 fully saturated rings. The second-order valence-corrected chi connectivity index (χ2v) is 6.66. The normalized spacial score (nSPS) is 32.7. The maximum Gasteiger partial charge on any atom is 0.326 e. The molecule has 4 rings (SSSR count). The minimum atomic E-state index is -0.880. The number of amides is 1. The van der Waals surface area contributed by atoms with Gasteiger partial charge in [0.2, 0.25) is 5.91 Å². The summed E-state index contributed by atoms with van der Waals surface area (Å²) < 4.78 is 0. The molecular formula is C16H16ClNO3. The molecule has 1 aromatic carbocycles. The third kappa shape index (κ3) is 1.81. The van der Waals surface area contributed by atoms with Gasteiger partial charge in [-0.15, -0.1) is 0 Å². The van der Waals surface area contributed by atoms with Crippen LogP contribution >= 0.6 is 11.6 Å². The summed E-state index contributed by atoms with van der Waals surface area (Å²) >= 11 is 6.20. The third-order valence-corrected chi connectivity index (χ3v) is 5.58. The van der Waals surface area contributed by atoms with Gasteiger partial charge in [0.1, 0.15) is 6.04 Å². The molecule has 2 aliphatic carbocycles. The Morgan fingerprint density at radius 2 is 2.14 bits per heavy atom. The second kappa shape index (κ2) is 4.47. The highest BCUT2D eigenvalue weighted by Crippen LogP contribution is 2.63. The van der Waals surface area contributed by atoms with Gasteiger partial charge in [0.15, 0.2) is 0 Å². The number of benzene rings is 1. The van der Waals surface area contributed by atoms with Crippen LogP contribution in [-0.2, 0) is 16.0 Å². The first-order valence-corrected chi connectivity index (χ1v) is 7.78. The van der Waals surface area contributed by atoms with Crippen molar-refractivity contribution in [2.75, 3.05) is 6.54 Å². The van der Waals surface area contributed by atoms with E-state index in [1.807, 2.05) is 12.1 Å². The minimum absolute atomic E-state index is 0.0283. The highest BCUT2D eigenvalue weighted by Gasteiger charge is 2.61. The molecule has 5 heteroatoms. The van der Waals surface area contributed by atoms with E-state index in [9.17, 15) is 14.7 Å². The Morgan fingerprint density at radius 1 is 1.33 bits per heavy atom. The van der Waals surface area contributed by atoms with Gasteiger partial charge in [0.25, 0.3) is 0 Å². The van der Waals surface area contributed by atoms with Crippen molar-refractivity contribution in [3.05, 3.63) is 34.3 Å². The van der Waals surface area contributed by atoms with Crippen molar-refractivity contribution >= 4 is 23.5 Å². The predicted molar refractivity (Wildman–Crippen MR) is 77.2 cm³/mol. The van der Waals surface area contributed by atoms with E-state index in [-0.39, 0.29) is 17.7 Å². The number of carboxylic acids is 1. The van der Waals surface area contributed by atoms with E-state index in [0.717, 1.165) is 17.9 Å². The van der Waals surface area contributed by atoms with Gasteiger partial charge in [-0.2, -0.15) is 0 Å². The summed E-state index contributed by atoms with van der Waals surface area (Å²) in [5, 5.41) is 10.0. The van der Waals surface area contributed by atoms with Crippen LogP contribution in [-0.4, -0.2) is 34.5 Å². The van der Waals surface area contributed by atoms with E-state index in [0.29, 0.717) is 18.9 Å². The Hall–Kier alpha value is -1.55. The van der Waals surface area contributed by atoms with E-state index < -0.39 is 12.0 Å². The fourth-order valence-electron chi connectivity index (χ4n) is 4.21. The van der Waals surface area contributed by atoms with Gasteiger partial charge in [0, 0.05) is 23.4 Å². The Balaban J connectivity index is 1.56. The molecule has 1 aromatic rings. The number of fused-ring (bicyclic) bond motifs is 3. The molecular weight excluding hydrogens is 290 g/mol. The molecule has 1 aliphatic heterocycles. The summed E-state index contributed by atoms with van der Waals surface area (Å²) in [6, 6.07) is 5.25. The Bertz CT molecular complexity index is 644. The lowest BCUT2D eigenvalue weighted by atomic mass is 10.0. The van der Waals surface area contributed by atoms with Crippen molar-refractivity contribution < 1.29 is 14.7 Å². The molecule has 0 aromatic heterocycles. The zero-order chi connectivity index (χ0) is 14.7. The Morgan fingerprint density at radius 3 is 2.90 bits per heavy atom. The summed E-state index contributed by atoms with van der Waals surface area (Å²) in [5.74, 6) is -0.310. The molecule has 1 amide bonds. The molecule has 0 radical (unpaired) electrons. The number of carbonyl (C=O) groups is 2. The van der Waals surface area contributed by atoms with E-state index in [2.05, 4.69) is 6.07 Å². The lowest BCUT2D eigenvalue weighted by molar-refractivity contribution is -0.148. The fraction of sp³-hybridized carbons (Fsp3) is 0.500. The summed E-state index contributed by atoms with van der Waals surface area (Å²) in [6.07, 6.45) is 2.21. The maximum absolute atomic E-state index is 12.7. The quantitative estimate of drug-likeness (QED) is 0.912. The van der Waals surface area contributed by atoms with Crippen molar-refractivity contribution in [3.63, 3.8) is 0 Å². The number of halogens is 1. The minimum Gasteiger partial charge on any atom is -0.480 e. The molecule has 4 atom stereocenters. The van der Waals surface area contributed by atoms with Crippen molar-refractivity contribution in [3.8, 4) is 0 Å². The highest BCUT2D eigenvalue weighted by molar-refractivity contribution is 6.31. The van der Waals surface area contributed by atoms with Crippen molar-refractivity contribution in [2.24, 2.45) is 11.8 Å². The number of likely N-dealkylation sites (tertiary alicyclic amines) is 1. The SMILES string of the molecule is O=C(O)C1CCCN1C(=O)C1C2Cc3c(Cl)cccc3C21. The lowest BCUT2D eigenvalue weighted by Crippen LogP contribution is -2.41. The summed E-state index contributed by atoms with van der Waals surface area (Å²) in [4.78, 5) is 25.5. The van der Waals surface area contributed by atoms with Gasteiger partial charge in [-0.1, -0.05) is 23.7 Å². The van der Waals surface area contributed by atoms with E-state index in [1.54, 1.807) is 4.90 Å². The zero-order valence-corrected chi connectivity index (χ0v) is 12.2. The van der Waals surface area contributed by atoms with Gasteiger partial charge in [0.05, 0.1) is 0 Å². The Labute approximate surface area is 127 Å². The number of carbonyl (C=O) groups excluding carboxylic acids is 1. The van der Waals surface area contributed by atoms with E-state index in [4.69, 9.17) is 11.6 Å². The number of nitrogens with zero attached hydrogens (tertiary/aromatic N) is 1. The largest absolute Gasteiger partial charge is 0.480 e. The average molecular weight is 306 g/mol. The standard InChI is InChI=1S/C16H16ClNO3/c17-11-4-1-3-8-9(11)7-10-13(8)14(10)15(19)18-6-2-5-12(18)16(20)21/h1,3-4,10,12-14H,2,5-7H2,(H,20,21). The second-order valence-electron chi connectivity index (χ2n) is 6.26. The lowest BCUT2D eigenvalue weighted by Gasteiger charge is -2.22. The van der Waals surface area contributed by atoms with Crippen LogP contribution < -0.4 is 0 Å². The van der Waals surface area contributed by atoms with Crippen LogP contribution in [0, 0.1) is 11.8 Å². The number of carboxylic acid groups (broad SMARTS) is 1. The van der Waals surface area contributed by atoms with E-state index >= 15 is 0 Å². The summed E-state index contributed by atoms with van der Waals surface area (Å²) in [5.41, 5.74) is 2.37. The van der Waals surface area contributed by atoms with Crippen LogP contribution in [0.15, 0.2) is 18.2 Å². The average Bonchev–Trinajstić information content (AvgIpc) is 2.85. The smallest absolute Gasteiger partial charge is 0.326 e. The summed E-state index contributed by atoms with van der Waals surface area (Å²) in [6.45, 7) is 0.578. The maximum atomic E-state index is 12.7. The van der Waals surface area contributed by atoms with Crippen molar-refractivity contribution in [1.29, 1.82) is 0 Å². The molecule has 110 valence electrons. The third-order valence-electron chi connectivity index (χ3n) is 5.23. The molecule has 3 aliphatic rings. The predicted octanol–water partition coefficient (Wildman–Crippen LogP) is 2.30. The Kier molecular flexibility index (Phi) is 2.80. The van der Waals surface area contributed by atoms with Crippen LogP contribution in [0.4, 0.5) is 0 Å². The number of aliphatic carboxylic acids is 1. The molecule has 1 saturated heterocycles. The molecule has 1 heterocycles. The van der Waals surface area contributed by atoms with Crippen LogP contribution in [0.5, 0.6) is 0 Å². The molecule has 0 spiro atoms. The van der Waals surface area contributed by atoms with Gasteiger partial charge in [-0.05, 0) is 42.4 Å². The topological polar surface area (TPSA) is 57.6 Å². The fourth-order valence-corrected chi connectivity index (χ4v) is 4.47. The number of hydrogen-bond acceptors (Lipinski definition) is 2. The first-order valence-electron chi connectivity index (χ1n) is 7.40. The van der Waals surface area contributed by atoms with Gasteiger partial charge in [-0.3, -0.25) is 4.79 Å². The number of hydrogen-bond donors (Lipinski definition) is 1. The molecule has 0 bridgehead atoms. The summed E-state index contributed by atoms with van der Waals surface area (Å²) in [7, 11) is 0. The van der Waals surface area contributed by atoms with Crippen LogP contribution in [0.2, 0.25) is 5.02 Å². The monoisotopic (exact) mass is 305 g/mol. The van der Waals surface area contributed by atoms with Crippen molar-refractivity contribution in [1.82, 2.24) is 4.90 Å². The van der Waals surface area contributed by atoms with Gasteiger partial charge in [-0.25, -0.2) is 4.79 Å². The van der Waals surface area contributed by atoms with Crippen LogP contribution in [0.1, 0.15) is 29.9 Å². The molecule has 1 saturated carbocycles. The number of rotatable bonds is 2. The van der Waals surface area contributed by atoms with Crippen LogP contribution in [0.3, 0.4) is 0 Å². The molecule has 4 unspecified atom stereocenters. The zero-order valence-electron chi connectivity index (χ0n) is 11.5. The highest BCUT2D eigenvalue weighted by atomic mass is 35.5. The van der Waals surface area contributed by atoms with E-state index in [1.165, 1.54) is 11.1 Å². The first kappa shape index (κ1) is 13.1. The van der Waals surface area contributed by atoms with Crippen LogP contribution in [0.25, 0.3) is 0 Å². The molecule has 1 N–H and O–H groups in total. The first-order chi connectivity index (χ1) is 10.1. The van der Waals surface area contributed by atoms with Crippen molar-refractivity contribution in [2.45, 2.75) is 31.2 Å². The van der Waals surface area contributed by atoms with Gasteiger partial charge >= 0.3 is 5.97 Å². The molecule has 4 nitrogen and oxygen atoms in total. The van der Waals surface area contributed by atoms with Gasteiger partial charge < -0.3 is 10.0 Å².